The van der Waals surface area contributed by atoms with Gasteiger partial charge in [-0.3, -0.25) is 14.8 Å². The highest BCUT2D eigenvalue weighted by Crippen LogP contribution is 2.14. The molecule has 6 heteroatoms. The van der Waals surface area contributed by atoms with E-state index in [0.717, 1.165) is 41.0 Å². The van der Waals surface area contributed by atoms with Gasteiger partial charge >= 0.3 is 0 Å². The van der Waals surface area contributed by atoms with Crippen LogP contribution < -0.4 is 10.6 Å². The van der Waals surface area contributed by atoms with E-state index in [-0.39, 0.29) is 5.91 Å². The van der Waals surface area contributed by atoms with Gasteiger partial charge < -0.3 is 5.32 Å². The molecule has 0 spiro atoms. The second-order valence-electron chi connectivity index (χ2n) is 7.43. The Labute approximate surface area is 178 Å². The lowest BCUT2D eigenvalue weighted by molar-refractivity contribution is 0.0977. The zero-order chi connectivity index (χ0) is 21.5. The van der Waals surface area contributed by atoms with E-state index in [1.165, 1.54) is 0 Å². The van der Waals surface area contributed by atoms with Gasteiger partial charge in [0.05, 0.1) is 12.2 Å². The lowest BCUT2D eigenvalue weighted by atomic mass is 10.1. The van der Waals surface area contributed by atoms with Crippen LogP contribution in [-0.2, 0) is 13.1 Å². The summed E-state index contributed by atoms with van der Waals surface area (Å²) in [4.78, 5) is 17.5. The molecule has 0 saturated carbocycles. The van der Waals surface area contributed by atoms with Crippen LogP contribution in [0, 0.1) is 20.8 Å². The van der Waals surface area contributed by atoms with E-state index in [1.807, 2.05) is 74.1 Å². The number of hydrogen-bond acceptors (Lipinski definition) is 3. The molecule has 0 aliphatic rings. The second kappa shape index (κ2) is 9.87. The standard InChI is InChI=1S/C24H29N5O/c1-5-13-29-16-21(19(4)28-29)15-25-24(26-22-12-7-6-10-18(22)3)27-23(30)20-11-8-9-17(2)14-20/h6-12,14,16H,5,13,15H2,1-4H3,(H2,25,26,27,30). The van der Waals surface area contributed by atoms with Gasteiger partial charge in [0.1, 0.15) is 0 Å². The summed E-state index contributed by atoms with van der Waals surface area (Å²) in [6, 6.07) is 15.4. The summed E-state index contributed by atoms with van der Waals surface area (Å²) in [5.41, 5.74) is 5.60. The number of amides is 1. The van der Waals surface area contributed by atoms with Gasteiger partial charge in [0.15, 0.2) is 0 Å². The number of guanidine groups is 1. The molecule has 2 aromatic carbocycles. The molecule has 156 valence electrons. The number of rotatable bonds is 6. The zero-order valence-corrected chi connectivity index (χ0v) is 18.1. The highest BCUT2D eigenvalue weighted by molar-refractivity contribution is 6.10. The van der Waals surface area contributed by atoms with E-state index in [0.29, 0.717) is 18.1 Å². The van der Waals surface area contributed by atoms with Gasteiger partial charge in [-0.1, -0.05) is 42.8 Å². The molecule has 0 radical (unpaired) electrons. The largest absolute Gasteiger partial charge is 0.326 e. The van der Waals surface area contributed by atoms with Crippen LogP contribution in [0.5, 0.6) is 0 Å². The van der Waals surface area contributed by atoms with Crippen molar-refractivity contribution in [1.82, 2.24) is 15.1 Å². The molecular weight excluding hydrogens is 374 g/mol. The Kier molecular flexibility index (Phi) is 7.01. The van der Waals surface area contributed by atoms with E-state index in [9.17, 15) is 4.79 Å². The number of aliphatic imine (C=N–C) groups is 1. The predicted molar refractivity (Wildman–Crippen MR) is 122 cm³/mol. The molecule has 3 rings (SSSR count). The van der Waals surface area contributed by atoms with Crippen molar-refractivity contribution in [3.63, 3.8) is 0 Å². The van der Waals surface area contributed by atoms with Gasteiger partial charge in [0, 0.05) is 29.6 Å². The van der Waals surface area contributed by atoms with E-state index in [1.54, 1.807) is 6.07 Å². The molecule has 30 heavy (non-hydrogen) atoms. The normalized spacial score (nSPS) is 11.4. The Bertz CT molecular complexity index is 1050. The predicted octanol–water partition coefficient (Wildman–Crippen LogP) is 4.62. The minimum absolute atomic E-state index is 0.197. The van der Waals surface area contributed by atoms with E-state index < -0.39 is 0 Å². The summed E-state index contributed by atoms with van der Waals surface area (Å²) in [6.07, 6.45) is 3.05. The number of benzene rings is 2. The van der Waals surface area contributed by atoms with E-state index in [2.05, 4.69) is 27.6 Å². The summed E-state index contributed by atoms with van der Waals surface area (Å²) in [7, 11) is 0. The highest BCUT2D eigenvalue weighted by Gasteiger charge is 2.11. The Morgan fingerprint density at radius 1 is 1.10 bits per heavy atom. The van der Waals surface area contributed by atoms with E-state index >= 15 is 0 Å². The van der Waals surface area contributed by atoms with Crippen molar-refractivity contribution < 1.29 is 4.79 Å². The number of aromatic nitrogens is 2. The smallest absolute Gasteiger partial charge is 0.257 e. The Balaban J connectivity index is 1.84. The van der Waals surface area contributed by atoms with Crippen LogP contribution in [0.4, 0.5) is 5.69 Å². The van der Waals surface area contributed by atoms with Crippen LogP contribution in [0.15, 0.2) is 59.7 Å². The van der Waals surface area contributed by atoms with Crippen LogP contribution in [0.3, 0.4) is 0 Å². The first-order valence-corrected chi connectivity index (χ1v) is 10.2. The van der Waals surface area contributed by atoms with Crippen LogP contribution in [0.2, 0.25) is 0 Å². The Hall–Kier alpha value is -3.41. The van der Waals surface area contributed by atoms with Crippen LogP contribution in [0.1, 0.15) is 46.1 Å². The van der Waals surface area contributed by atoms with Gasteiger partial charge in [0.2, 0.25) is 5.96 Å². The second-order valence-corrected chi connectivity index (χ2v) is 7.43. The third kappa shape index (κ3) is 5.56. The molecule has 1 aromatic heterocycles. The molecular formula is C24H29N5O. The van der Waals surface area contributed by atoms with Gasteiger partial charge in [-0.15, -0.1) is 0 Å². The SMILES string of the molecule is CCCn1cc(CN=C(NC(=O)c2cccc(C)c2)Nc2ccccc2C)c(C)n1. The number of carbonyl (C=O) groups excluding carboxylic acids is 1. The number of nitrogens with one attached hydrogen (secondary N) is 2. The van der Waals surface area contributed by atoms with Crippen LogP contribution in [0.25, 0.3) is 0 Å². The fourth-order valence-electron chi connectivity index (χ4n) is 3.14. The monoisotopic (exact) mass is 403 g/mol. The molecule has 0 aliphatic heterocycles. The first-order valence-electron chi connectivity index (χ1n) is 10.2. The van der Waals surface area contributed by atoms with Crippen molar-refractivity contribution >= 4 is 17.6 Å². The summed E-state index contributed by atoms with van der Waals surface area (Å²) < 4.78 is 1.94. The first kappa shape index (κ1) is 21.3. The molecule has 6 nitrogen and oxygen atoms in total. The quantitative estimate of drug-likeness (QED) is 0.466. The fraction of sp³-hybridized carbons (Fsp3) is 0.292. The maximum atomic E-state index is 12.8. The summed E-state index contributed by atoms with van der Waals surface area (Å²) in [6.45, 7) is 9.40. The minimum atomic E-state index is -0.197. The maximum absolute atomic E-state index is 12.8. The molecule has 0 saturated heterocycles. The van der Waals surface area contributed by atoms with Gasteiger partial charge in [-0.25, -0.2) is 4.99 Å². The van der Waals surface area contributed by atoms with Crippen molar-refractivity contribution in [1.29, 1.82) is 0 Å². The van der Waals surface area contributed by atoms with Crippen LogP contribution in [-0.4, -0.2) is 21.6 Å². The summed E-state index contributed by atoms with van der Waals surface area (Å²) >= 11 is 0. The molecule has 0 fully saturated rings. The van der Waals surface area contributed by atoms with Crippen molar-refractivity contribution in [2.75, 3.05) is 5.32 Å². The van der Waals surface area contributed by atoms with Gasteiger partial charge in [-0.2, -0.15) is 5.10 Å². The molecule has 1 heterocycles. The van der Waals surface area contributed by atoms with E-state index in [4.69, 9.17) is 0 Å². The fourth-order valence-corrected chi connectivity index (χ4v) is 3.14. The van der Waals surface area contributed by atoms with Gasteiger partial charge in [-0.05, 0) is 51.0 Å². The molecule has 0 unspecified atom stereocenters. The van der Waals surface area contributed by atoms with Gasteiger partial charge in [0.25, 0.3) is 5.91 Å². The zero-order valence-electron chi connectivity index (χ0n) is 18.1. The van der Waals surface area contributed by atoms with Crippen molar-refractivity contribution in [2.45, 2.75) is 47.2 Å². The number of anilines is 1. The highest BCUT2D eigenvalue weighted by atomic mass is 16.1. The lowest BCUT2D eigenvalue weighted by Crippen LogP contribution is -2.36. The summed E-state index contributed by atoms with van der Waals surface area (Å²) in [5.74, 6) is 0.218. The third-order valence-electron chi connectivity index (χ3n) is 4.82. The topological polar surface area (TPSA) is 71.3 Å². The molecule has 2 N–H and O–H groups in total. The first-order chi connectivity index (χ1) is 14.5. The molecule has 0 bridgehead atoms. The lowest BCUT2D eigenvalue weighted by Gasteiger charge is -2.14. The molecule has 1 amide bonds. The number of carbonyl (C=O) groups is 1. The average Bonchev–Trinajstić information content (AvgIpc) is 3.07. The van der Waals surface area contributed by atoms with Crippen molar-refractivity contribution in [3.05, 3.63) is 82.7 Å². The minimum Gasteiger partial charge on any atom is -0.326 e. The Morgan fingerprint density at radius 2 is 1.90 bits per heavy atom. The number of nitrogens with zero attached hydrogens (tertiary/aromatic N) is 3. The molecule has 0 aliphatic carbocycles. The molecule has 0 atom stereocenters. The third-order valence-corrected chi connectivity index (χ3v) is 4.82. The summed E-state index contributed by atoms with van der Waals surface area (Å²) in [5, 5.41) is 10.7. The maximum Gasteiger partial charge on any atom is 0.257 e. The number of aryl methyl sites for hydroxylation is 4. The van der Waals surface area contributed by atoms with Crippen molar-refractivity contribution in [3.8, 4) is 0 Å². The number of hydrogen-bond donors (Lipinski definition) is 2. The Morgan fingerprint density at radius 3 is 2.63 bits per heavy atom. The number of para-hydroxylation sites is 1. The van der Waals surface area contributed by atoms with Crippen molar-refractivity contribution in [2.24, 2.45) is 4.99 Å². The van der Waals surface area contributed by atoms with Crippen LogP contribution >= 0.6 is 0 Å². The molecule has 3 aromatic rings. The average molecular weight is 404 g/mol.